The molecule has 0 saturated carbocycles. The van der Waals surface area contributed by atoms with Gasteiger partial charge in [0.2, 0.25) is 0 Å². The van der Waals surface area contributed by atoms with Crippen LogP contribution in [-0.2, 0) is 21.9 Å². The number of amides is 2. The van der Waals surface area contributed by atoms with Gasteiger partial charge in [-0.25, -0.2) is 0 Å². The van der Waals surface area contributed by atoms with E-state index in [2.05, 4.69) is 19.6 Å². The highest BCUT2D eigenvalue weighted by Crippen LogP contribution is 2.27. The van der Waals surface area contributed by atoms with Crippen LogP contribution in [0.1, 0.15) is 36.1 Å². The van der Waals surface area contributed by atoms with Gasteiger partial charge in [0.05, 0.1) is 0 Å². The van der Waals surface area contributed by atoms with Crippen LogP contribution in [0.15, 0.2) is 12.2 Å². The van der Waals surface area contributed by atoms with Gasteiger partial charge in [0.25, 0.3) is 11.8 Å². The average molecular weight is 500 g/mol. The molecule has 11 heteroatoms. The average Bonchev–Trinajstić information content (AvgIpc) is 2.63. The number of carbonyl (C=O) groups excluding carboxylic acids is 2. The molecule has 1 atom stereocenters. The first-order valence-electron chi connectivity index (χ1n) is 8.88. The van der Waals surface area contributed by atoms with E-state index in [0.717, 1.165) is 0 Å². The molecule has 0 aromatic rings. The van der Waals surface area contributed by atoms with E-state index in [4.69, 9.17) is 12.3 Å². The topological polar surface area (TPSA) is 85.3 Å². The second kappa shape index (κ2) is 13.2. The van der Waals surface area contributed by atoms with Crippen molar-refractivity contribution in [3.8, 4) is 0 Å². The lowest BCUT2D eigenvalue weighted by molar-refractivity contribution is -0.136. The van der Waals surface area contributed by atoms with Crippen LogP contribution >= 0.6 is 0 Å². The molecule has 2 amide bonds. The standard InChI is InChI=1S/C15H33NO6Si4.4CH4/c1-23(2,3)20-26(8,22-25(6,7)21-24(4,5)19)13-9-12-16-14(17)10-11-15(16)18;;;;/h10-11,19H,9,12-13H2,1-8H3;4*1H4. The van der Waals surface area contributed by atoms with E-state index in [1.807, 2.05) is 19.6 Å². The quantitative estimate of drug-likeness (QED) is 0.328. The Morgan fingerprint density at radius 2 is 1.23 bits per heavy atom. The van der Waals surface area contributed by atoms with Crippen molar-refractivity contribution < 1.29 is 26.7 Å². The Balaban J connectivity index is -0.000000845. The lowest BCUT2D eigenvalue weighted by Gasteiger charge is -2.40. The maximum absolute atomic E-state index is 11.7. The fourth-order valence-electron chi connectivity index (χ4n) is 3.12. The molecule has 1 aliphatic rings. The van der Waals surface area contributed by atoms with E-state index >= 15 is 0 Å². The number of rotatable bonds is 10. The zero-order valence-electron chi connectivity index (χ0n) is 17.2. The highest BCUT2D eigenvalue weighted by atomic mass is 28.5. The summed E-state index contributed by atoms with van der Waals surface area (Å²) in [6.45, 7) is 16.0. The van der Waals surface area contributed by atoms with Crippen molar-refractivity contribution in [1.82, 2.24) is 4.90 Å². The van der Waals surface area contributed by atoms with Crippen molar-refractivity contribution in [3.05, 3.63) is 12.2 Å². The Morgan fingerprint density at radius 1 is 0.800 bits per heavy atom. The number of hydrogen-bond acceptors (Lipinski definition) is 6. The summed E-state index contributed by atoms with van der Waals surface area (Å²) in [6, 6.07) is 0.654. The molecule has 0 aliphatic carbocycles. The van der Waals surface area contributed by atoms with Crippen LogP contribution in [0.5, 0.6) is 0 Å². The number of carbonyl (C=O) groups is 2. The monoisotopic (exact) mass is 499 g/mol. The van der Waals surface area contributed by atoms with Gasteiger partial charge in [-0.2, -0.15) is 0 Å². The van der Waals surface area contributed by atoms with Crippen molar-refractivity contribution in [2.75, 3.05) is 6.54 Å². The fourth-order valence-corrected chi connectivity index (χ4v) is 20.0. The Morgan fingerprint density at radius 3 is 1.60 bits per heavy atom. The predicted molar refractivity (Wildman–Crippen MR) is 138 cm³/mol. The molecule has 1 rings (SSSR count). The molecule has 1 aliphatic heterocycles. The Hall–Kier alpha value is -0.412. The van der Waals surface area contributed by atoms with Crippen LogP contribution in [0.3, 0.4) is 0 Å². The van der Waals surface area contributed by atoms with E-state index in [1.165, 1.54) is 17.1 Å². The van der Waals surface area contributed by atoms with Crippen molar-refractivity contribution >= 4 is 45.8 Å². The highest BCUT2D eigenvalue weighted by Gasteiger charge is 2.45. The molecule has 0 fully saturated rings. The lowest BCUT2D eigenvalue weighted by atomic mass is 10.4. The van der Waals surface area contributed by atoms with Gasteiger partial charge in [-0.05, 0) is 64.8 Å². The highest BCUT2D eigenvalue weighted by molar-refractivity contribution is 6.88. The number of imide groups is 1. The summed E-state index contributed by atoms with van der Waals surface area (Å²) in [7, 11) is -9.75. The van der Waals surface area contributed by atoms with E-state index in [-0.39, 0.29) is 41.5 Å². The molecular weight excluding hydrogens is 451 g/mol. The van der Waals surface area contributed by atoms with Crippen LogP contribution in [0, 0.1) is 0 Å². The number of hydrogen-bond donors (Lipinski definition) is 1. The third kappa shape index (κ3) is 13.8. The van der Waals surface area contributed by atoms with Crippen LogP contribution < -0.4 is 0 Å². The minimum Gasteiger partial charge on any atom is -0.437 e. The van der Waals surface area contributed by atoms with Gasteiger partial charge in [-0.3, -0.25) is 14.5 Å². The second-order valence-electron chi connectivity index (χ2n) is 8.66. The third-order valence-corrected chi connectivity index (χ3v) is 16.5. The second-order valence-corrected chi connectivity index (χ2v) is 23.8. The summed E-state index contributed by atoms with van der Waals surface area (Å²) in [5, 5.41) is 0. The zero-order valence-corrected chi connectivity index (χ0v) is 21.2. The SMILES string of the molecule is C.C.C.C.C[Si](C)(C)O[Si](C)(CCCN1C(=O)C=CC1=O)O[Si](C)(C)O[Si](C)(C)O. The van der Waals surface area contributed by atoms with Gasteiger partial charge < -0.3 is 17.1 Å². The van der Waals surface area contributed by atoms with Gasteiger partial charge in [0.1, 0.15) is 0 Å². The minimum absolute atomic E-state index is 0. The molecule has 0 radical (unpaired) electrons. The molecule has 1 N–H and O–H groups in total. The van der Waals surface area contributed by atoms with Crippen molar-refractivity contribution in [3.63, 3.8) is 0 Å². The molecule has 0 spiro atoms. The van der Waals surface area contributed by atoms with Gasteiger partial charge >= 0.3 is 25.7 Å². The van der Waals surface area contributed by atoms with Crippen molar-refractivity contribution in [1.29, 1.82) is 0 Å². The molecule has 0 saturated heterocycles. The molecule has 182 valence electrons. The van der Waals surface area contributed by atoms with E-state index in [9.17, 15) is 14.4 Å². The Bertz CT molecular complexity index is 554. The van der Waals surface area contributed by atoms with E-state index in [1.54, 1.807) is 13.1 Å². The van der Waals surface area contributed by atoms with Crippen LogP contribution in [0.25, 0.3) is 0 Å². The maximum atomic E-state index is 11.7. The molecule has 7 nitrogen and oxygen atoms in total. The summed E-state index contributed by atoms with van der Waals surface area (Å²) in [6.07, 6.45) is 3.22. The first kappa shape index (κ1) is 36.9. The maximum Gasteiger partial charge on any atom is 0.320 e. The Kier molecular flexibility index (Phi) is 16.3. The van der Waals surface area contributed by atoms with Crippen LogP contribution in [0.4, 0.5) is 0 Å². The summed E-state index contributed by atoms with van der Waals surface area (Å²) in [5.41, 5.74) is 0. The van der Waals surface area contributed by atoms with Gasteiger partial charge in [-0.15, -0.1) is 0 Å². The largest absolute Gasteiger partial charge is 0.437 e. The summed E-state index contributed by atoms with van der Waals surface area (Å²) >= 11 is 0. The molecule has 30 heavy (non-hydrogen) atoms. The summed E-state index contributed by atoms with van der Waals surface area (Å²) in [4.78, 5) is 34.8. The predicted octanol–water partition coefficient (Wildman–Crippen LogP) is 5.20. The first-order valence-corrected chi connectivity index (χ1v) is 20.5. The zero-order chi connectivity index (χ0) is 20.4. The van der Waals surface area contributed by atoms with Crippen LogP contribution in [-0.4, -0.2) is 62.1 Å². The van der Waals surface area contributed by atoms with Crippen molar-refractivity contribution in [2.24, 2.45) is 0 Å². The Labute approximate surface area is 190 Å². The van der Waals surface area contributed by atoms with Gasteiger partial charge in [-0.1, -0.05) is 29.7 Å². The van der Waals surface area contributed by atoms with Gasteiger partial charge in [0, 0.05) is 18.7 Å². The molecule has 1 heterocycles. The summed E-state index contributed by atoms with van der Waals surface area (Å²) < 4.78 is 18.8. The number of nitrogens with zero attached hydrogens (tertiary/aromatic N) is 1. The molecule has 1 unspecified atom stereocenters. The third-order valence-electron chi connectivity index (χ3n) is 3.39. The fraction of sp³-hybridized carbons (Fsp3) is 0.789. The van der Waals surface area contributed by atoms with Gasteiger partial charge in [0.15, 0.2) is 8.32 Å². The first-order chi connectivity index (χ1) is 11.5. The van der Waals surface area contributed by atoms with E-state index in [0.29, 0.717) is 19.0 Å². The minimum atomic E-state index is -2.71. The molecular formula is C19H49NO6Si4. The molecule has 0 aromatic heterocycles. The normalized spacial score (nSPS) is 16.1. The van der Waals surface area contributed by atoms with Crippen LogP contribution in [0.2, 0.25) is 58.4 Å². The molecule has 0 aromatic carbocycles. The summed E-state index contributed by atoms with van der Waals surface area (Å²) in [5.74, 6) is -0.534. The lowest BCUT2D eigenvalue weighted by Crippen LogP contribution is -2.57. The van der Waals surface area contributed by atoms with Crippen molar-refractivity contribution in [2.45, 2.75) is 94.5 Å². The smallest absolute Gasteiger partial charge is 0.320 e. The van der Waals surface area contributed by atoms with E-state index < -0.39 is 34.0 Å². The molecule has 0 bridgehead atoms.